The van der Waals surface area contributed by atoms with Crippen molar-refractivity contribution in [2.45, 2.75) is 0 Å². The number of carbonyl (C=O) groups excluding carboxylic acids is 1. The van der Waals surface area contributed by atoms with Crippen LogP contribution >= 0.6 is 0 Å². The first-order valence-corrected chi connectivity index (χ1v) is 7.23. The van der Waals surface area contributed by atoms with Gasteiger partial charge in [-0.05, 0) is 18.2 Å². The summed E-state index contributed by atoms with van der Waals surface area (Å²) in [7, 11) is 1.35. The summed E-state index contributed by atoms with van der Waals surface area (Å²) in [5, 5.41) is 14.1. The number of para-hydroxylation sites is 1. The standard InChI is InChI=1S/C17H13N3O5/c1-24-15-10-12(20(22)23)7-8-13(15)19-17(21)25-14-6-2-4-11-5-3-9-18-16(11)14/h2-10H,1H3,(H,19,21). The number of hydrogen-bond donors (Lipinski definition) is 1. The van der Waals surface area contributed by atoms with Crippen LogP contribution in [-0.4, -0.2) is 23.1 Å². The van der Waals surface area contributed by atoms with Crippen LogP contribution in [0.25, 0.3) is 10.9 Å². The van der Waals surface area contributed by atoms with Crippen LogP contribution in [0, 0.1) is 10.1 Å². The molecule has 1 aromatic heterocycles. The zero-order valence-electron chi connectivity index (χ0n) is 13.1. The van der Waals surface area contributed by atoms with Gasteiger partial charge in [0.2, 0.25) is 0 Å². The van der Waals surface area contributed by atoms with Crippen molar-refractivity contribution in [1.82, 2.24) is 4.98 Å². The van der Waals surface area contributed by atoms with Crippen LogP contribution in [0.5, 0.6) is 11.5 Å². The van der Waals surface area contributed by atoms with Crippen molar-refractivity contribution in [2.24, 2.45) is 0 Å². The van der Waals surface area contributed by atoms with Crippen LogP contribution in [-0.2, 0) is 0 Å². The van der Waals surface area contributed by atoms with Crippen LogP contribution in [0.3, 0.4) is 0 Å². The van der Waals surface area contributed by atoms with Gasteiger partial charge in [0.15, 0.2) is 5.75 Å². The van der Waals surface area contributed by atoms with Crippen LogP contribution in [0.15, 0.2) is 54.7 Å². The number of amides is 1. The molecule has 2 aromatic carbocycles. The number of non-ortho nitro benzene ring substituents is 1. The lowest BCUT2D eigenvalue weighted by Crippen LogP contribution is -2.17. The molecule has 3 aromatic rings. The summed E-state index contributed by atoms with van der Waals surface area (Å²) in [6.45, 7) is 0. The Balaban J connectivity index is 1.82. The summed E-state index contributed by atoms with van der Waals surface area (Å²) >= 11 is 0. The van der Waals surface area contributed by atoms with E-state index in [0.29, 0.717) is 11.3 Å². The van der Waals surface area contributed by atoms with Gasteiger partial charge in [0.25, 0.3) is 5.69 Å². The molecule has 0 saturated carbocycles. The summed E-state index contributed by atoms with van der Waals surface area (Å²) in [5.41, 5.74) is 0.663. The number of pyridine rings is 1. The fourth-order valence-electron chi connectivity index (χ4n) is 2.29. The maximum absolute atomic E-state index is 12.2. The minimum Gasteiger partial charge on any atom is -0.494 e. The van der Waals surface area contributed by atoms with Gasteiger partial charge in [0, 0.05) is 17.6 Å². The molecule has 1 amide bonds. The minimum atomic E-state index is -0.759. The molecule has 0 fully saturated rings. The molecule has 8 nitrogen and oxygen atoms in total. The zero-order chi connectivity index (χ0) is 17.8. The largest absolute Gasteiger partial charge is 0.494 e. The van der Waals surface area contributed by atoms with E-state index in [0.717, 1.165) is 5.39 Å². The van der Waals surface area contributed by atoms with Crippen LogP contribution < -0.4 is 14.8 Å². The molecular weight excluding hydrogens is 326 g/mol. The van der Waals surface area contributed by atoms with E-state index < -0.39 is 11.0 Å². The molecule has 0 atom stereocenters. The number of rotatable bonds is 4. The molecule has 1 N–H and O–H groups in total. The SMILES string of the molecule is COc1cc([N+](=O)[O-])ccc1NC(=O)Oc1cccc2cccnc12. The first-order valence-electron chi connectivity index (χ1n) is 7.23. The number of fused-ring (bicyclic) bond motifs is 1. The number of nitrogens with zero attached hydrogens (tertiary/aromatic N) is 2. The molecule has 1 heterocycles. The average Bonchev–Trinajstić information content (AvgIpc) is 2.62. The molecule has 0 unspecified atom stereocenters. The molecule has 0 aliphatic heterocycles. The highest BCUT2D eigenvalue weighted by atomic mass is 16.6. The van der Waals surface area contributed by atoms with Gasteiger partial charge in [0.1, 0.15) is 11.3 Å². The lowest BCUT2D eigenvalue weighted by Gasteiger charge is -2.11. The number of methoxy groups -OCH3 is 1. The number of carbonyl (C=O) groups is 1. The molecule has 0 aliphatic rings. The van der Waals surface area contributed by atoms with Gasteiger partial charge >= 0.3 is 6.09 Å². The van der Waals surface area contributed by atoms with E-state index in [-0.39, 0.29) is 17.1 Å². The van der Waals surface area contributed by atoms with Gasteiger partial charge in [-0.2, -0.15) is 0 Å². The highest BCUT2D eigenvalue weighted by Gasteiger charge is 2.15. The van der Waals surface area contributed by atoms with Crippen molar-refractivity contribution < 1.29 is 19.2 Å². The van der Waals surface area contributed by atoms with E-state index in [2.05, 4.69) is 10.3 Å². The number of nitrogens with one attached hydrogen (secondary N) is 1. The molecule has 25 heavy (non-hydrogen) atoms. The highest BCUT2D eigenvalue weighted by molar-refractivity contribution is 5.92. The van der Waals surface area contributed by atoms with Crippen LogP contribution in [0.4, 0.5) is 16.2 Å². The Hall–Kier alpha value is -3.68. The number of hydrogen-bond acceptors (Lipinski definition) is 6. The van der Waals surface area contributed by atoms with Crippen molar-refractivity contribution in [3.05, 3.63) is 64.8 Å². The molecule has 0 radical (unpaired) electrons. The highest BCUT2D eigenvalue weighted by Crippen LogP contribution is 2.29. The first-order chi connectivity index (χ1) is 12.1. The van der Waals surface area contributed by atoms with Crippen LogP contribution in [0.1, 0.15) is 0 Å². The van der Waals surface area contributed by atoms with Crippen molar-refractivity contribution >= 4 is 28.4 Å². The number of benzene rings is 2. The second kappa shape index (κ2) is 6.83. The van der Waals surface area contributed by atoms with Crippen molar-refractivity contribution in [2.75, 3.05) is 12.4 Å². The molecular formula is C17H13N3O5. The second-order valence-electron chi connectivity index (χ2n) is 4.99. The summed E-state index contributed by atoms with van der Waals surface area (Å²) in [4.78, 5) is 26.6. The fraction of sp³-hybridized carbons (Fsp3) is 0.0588. The van der Waals surface area contributed by atoms with Gasteiger partial charge < -0.3 is 9.47 Å². The Morgan fingerprint density at radius 3 is 2.72 bits per heavy atom. The Bertz CT molecular complexity index is 953. The van der Waals surface area contributed by atoms with Gasteiger partial charge in [0.05, 0.1) is 23.8 Å². The maximum atomic E-state index is 12.2. The Morgan fingerprint density at radius 2 is 1.96 bits per heavy atom. The smallest absolute Gasteiger partial charge is 0.417 e. The third-order valence-electron chi connectivity index (χ3n) is 3.43. The third kappa shape index (κ3) is 3.47. The van der Waals surface area contributed by atoms with E-state index in [1.165, 1.54) is 25.3 Å². The van der Waals surface area contributed by atoms with E-state index in [1.807, 2.05) is 12.1 Å². The molecule has 3 rings (SSSR count). The monoisotopic (exact) mass is 339 g/mol. The fourth-order valence-corrected chi connectivity index (χ4v) is 2.29. The predicted octanol–water partition coefficient (Wildman–Crippen LogP) is 3.76. The van der Waals surface area contributed by atoms with Crippen molar-refractivity contribution in [1.29, 1.82) is 0 Å². The van der Waals surface area contributed by atoms with E-state index in [9.17, 15) is 14.9 Å². The molecule has 8 heteroatoms. The van der Waals surface area contributed by atoms with Crippen molar-refractivity contribution in [3.8, 4) is 11.5 Å². The average molecular weight is 339 g/mol. The van der Waals surface area contributed by atoms with E-state index in [1.54, 1.807) is 24.4 Å². The number of nitro groups is 1. The summed E-state index contributed by atoms with van der Waals surface area (Å²) in [6.07, 6.45) is 0.845. The lowest BCUT2D eigenvalue weighted by atomic mass is 10.2. The van der Waals surface area contributed by atoms with E-state index in [4.69, 9.17) is 9.47 Å². The Morgan fingerprint density at radius 1 is 1.16 bits per heavy atom. The van der Waals surface area contributed by atoms with E-state index >= 15 is 0 Å². The van der Waals surface area contributed by atoms with Gasteiger partial charge in [-0.3, -0.25) is 20.4 Å². The number of anilines is 1. The molecule has 0 saturated heterocycles. The normalized spacial score (nSPS) is 10.3. The molecule has 0 spiro atoms. The number of ether oxygens (including phenoxy) is 2. The van der Waals surface area contributed by atoms with Crippen LogP contribution in [0.2, 0.25) is 0 Å². The molecule has 0 bridgehead atoms. The maximum Gasteiger partial charge on any atom is 0.417 e. The number of aromatic nitrogens is 1. The van der Waals surface area contributed by atoms with Gasteiger partial charge in [-0.15, -0.1) is 0 Å². The minimum absolute atomic E-state index is 0.144. The predicted molar refractivity (Wildman–Crippen MR) is 91.0 cm³/mol. The topological polar surface area (TPSA) is 104 Å². The Kier molecular flexibility index (Phi) is 4.42. The van der Waals surface area contributed by atoms with Crippen molar-refractivity contribution in [3.63, 3.8) is 0 Å². The summed E-state index contributed by atoms with van der Waals surface area (Å²) in [5.74, 6) is 0.457. The second-order valence-corrected chi connectivity index (χ2v) is 4.99. The lowest BCUT2D eigenvalue weighted by molar-refractivity contribution is -0.384. The number of nitro benzene ring substituents is 1. The van der Waals surface area contributed by atoms with Gasteiger partial charge in [-0.25, -0.2) is 4.79 Å². The third-order valence-corrected chi connectivity index (χ3v) is 3.43. The Labute approximate surface area is 142 Å². The molecule has 0 aliphatic carbocycles. The summed E-state index contributed by atoms with van der Waals surface area (Å²) < 4.78 is 10.4. The summed E-state index contributed by atoms with van der Waals surface area (Å²) in [6, 6.07) is 12.7. The van der Waals surface area contributed by atoms with Gasteiger partial charge in [-0.1, -0.05) is 18.2 Å². The quantitative estimate of drug-likeness (QED) is 0.573. The zero-order valence-corrected chi connectivity index (χ0v) is 13.1. The first kappa shape index (κ1) is 16.2. The molecule has 126 valence electrons.